The van der Waals surface area contributed by atoms with E-state index in [1.807, 2.05) is 24.4 Å². The molecule has 1 aromatic carbocycles. The van der Waals surface area contributed by atoms with Crippen LogP contribution in [0.15, 0.2) is 42.6 Å². The summed E-state index contributed by atoms with van der Waals surface area (Å²) in [6.45, 7) is 2.24. The first-order chi connectivity index (χ1) is 10.3. The minimum atomic E-state index is 0.871. The molecular formula is C17H17N3S. The second kappa shape index (κ2) is 5.04. The van der Waals surface area contributed by atoms with Gasteiger partial charge >= 0.3 is 0 Å². The molecule has 0 amide bonds. The molecule has 4 rings (SSSR count). The molecule has 2 N–H and O–H groups in total. The van der Waals surface area contributed by atoms with E-state index in [2.05, 4.69) is 28.1 Å². The molecule has 0 radical (unpaired) electrons. The Morgan fingerprint density at radius 2 is 1.81 bits per heavy atom. The number of thiophene rings is 1. The van der Waals surface area contributed by atoms with Crippen LogP contribution in [0, 0.1) is 0 Å². The Balaban J connectivity index is 1.92. The highest BCUT2D eigenvalue weighted by molar-refractivity contribution is 7.22. The van der Waals surface area contributed by atoms with Crippen molar-refractivity contribution in [3.8, 4) is 10.4 Å². The van der Waals surface area contributed by atoms with Crippen LogP contribution in [0.1, 0.15) is 12.8 Å². The minimum Gasteiger partial charge on any atom is -0.397 e. The standard InChI is InChI=1S/C17H17N3S/c18-15-14-13(20-10-4-5-11-20)8-9-19-17(14)21-16(15)12-6-2-1-3-7-12/h1-3,6-9H,4-5,10-11,18H2. The van der Waals surface area contributed by atoms with E-state index in [1.54, 1.807) is 11.3 Å². The van der Waals surface area contributed by atoms with Crippen LogP contribution in [0.2, 0.25) is 0 Å². The van der Waals surface area contributed by atoms with Gasteiger partial charge in [0.25, 0.3) is 0 Å². The van der Waals surface area contributed by atoms with Crippen molar-refractivity contribution >= 4 is 32.9 Å². The lowest BCUT2D eigenvalue weighted by molar-refractivity contribution is 0.949. The summed E-state index contributed by atoms with van der Waals surface area (Å²) >= 11 is 1.69. The van der Waals surface area contributed by atoms with Crippen LogP contribution in [0.5, 0.6) is 0 Å². The third-order valence-electron chi connectivity index (χ3n) is 4.09. The number of rotatable bonds is 2. The molecule has 0 aliphatic carbocycles. The molecule has 0 bridgehead atoms. The normalized spacial score (nSPS) is 15.0. The molecule has 0 atom stereocenters. The van der Waals surface area contributed by atoms with E-state index >= 15 is 0 Å². The van der Waals surface area contributed by atoms with E-state index in [-0.39, 0.29) is 0 Å². The van der Waals surface area contributed by atoms with Gasteiger partial charge < -0.3 is 10.6 Å². The molecule has 0 spiro atoms. The number of hydrogen-bond acceptors (Lipinski definition) is 4. The number of nitrogen functional groups attached to an aromatic ring is 1. The Morgan fingerprint density at radius 3 is 2.57 bits per heavy atom. The first-order valence-corrected chi connectivity index (χ1v) is 8.13. The van der Waals surface area contributed by atoms with E-state index in [1.165, 1.54) is 24.1 Å². The van der Waals surface area contributed by atoms with E-state index in [0.29, 0.717) is 0 Å². The molecule has 0 unspecified atom stereocenters. The average molecular weight is 295 g/mol. The van der Waals surface area contributed by atoms with Crippen molar-refractivity contribution in [2.75, 3.05) is 23.7 Å². The molecule has 1 aliphatic heterocycles. The first kappa shape index (κ1) is 12.7. The maximum Gasteiger partial charge on any atom is 0.128 e. The zero-order chi connectivity index (χ0) is 14.2. The Hall–Kier alpha value is -2.07. The third-order valence-corrected chi connectivity index (χ3v) is 5.25. The highest BCUT2D eigenvalue weighted by Gasteiger charge is 2.20. The van der Waals surface area contributed by atoms with Crippen LogP contribution >= 0.6 is 11.3 Å². The van der Waals surface area contributed by atoms with Crippen LogP contribution in [0.3, 0.4) is 0 Å². The molecule has 3 aromatic rings. The molecule has 21 heavy (non-hydrogen) atoms. The molecule has 106 valence electrons. The zero-order valence-corrected chi connectivity index (χ0v) is 12.6. The predicted molar refractivity (Wildman–Crippen MR) is 90.9 cm³/mol. The van der Waals surface area contributed by atoms with Crippen molar-refractivity contribution in [2.24, 2.45) is 0 Å². The molecule has 1 aliphatic rings. The van der Waals surface area contributed by atoms with Gasteiger partial charge in [0.1, 0.15) is 4.83 Å². The lowest BCUT2D eigenvalue weighted by Gasteiger charge is -2.18. The number of pyridine rings is 1. The van der Waals surface area contributed by atoms with Crippen LogP contribution in [-0.2, 0) is 0 Å². The summed E-state index contributed by atoms with van der Waals surface area (Å²) in [5.74, 6) is 0. The van der Waals surface area contributed by atoms with Crippen molar-refractivity contribution in [1.29, 1.82) is 0 Å². The molecular weight excluding hydrogens is 278 g/mol. The highest BCUT2D eigenvalue weighted by atomic mass is 32.1. The van der Waals surface area contributed by atoms with Crippen molar-refractivity contribution < 1.29 is 0 Å². The average Bonchev–Trinajstić information content (AvgIpc) is 3.16. The lowest BCUT2D eigenvalue weighted by Crippen LogP contribution is -2.17. The number of benzene rings is 1. The number of fused-ring (bicyclic) bond motifs is 1. The van der Waals surface area contributed by atoms with Crippen molar-refractivity contribution in [3.63, 3.8) is 0 Å². The molecule has 2 aromatic heterocycles. The van der Waals surface area contributed by atoms with Crippen LogP contribution < -0.4 is 10.6 Å². The summed E-state index contributed by atoms with van der Waals surface area (Å²) < 4.78 is 0. The number of hydrogen-bond donors (Lipinski definition) is 1. The third kappa shape index (κ3) is 2.07. The Bertz CT molecular complexity index is 773. The maximum absolute atomic E-state index is 6.48. The first-order valence-electron chi connectivity index (χ1n) is 7.32. The van der Waals surface area contributed by atoms with Gasteiger partial charge in [-0.15, -0.1) is 11.3 Å². The largest absolute Gasteiger partial charge is 0.397 e. The van der Waals surface area contributed by atoms with Gasteiger partial charge in [-0.05, 0) is 24.5 Å². The fraction of sp³-hybridized carbons (Fsp3) is 0.235. The lowest BCUT2D eigenvalue weighted by atomic mass is 10.1. The SMILES string of the molecule is Nc1c(-c2ccccc2)sc2nccc(N3CCCC3)c12. The second-order valence-electron chi connectivity index (χ2n) is 5.42. The van der Waals surface area contributed by atoms with Gasteiger partial charge in [-0.1, -0.05) is 30.3 Å². The molecule has 1 saturated heterocycles. The Morgan fingerprint density at radius 1 is 1.05 bits per heavy atom. The summed E-state index contributed by atoms with van der Waals surface area (Å²) in [6, 6.07) is 12.4. The van der Waals surface area contributed by atoms with Crippen molar-refractivity contribution in [1.82, 2.24) is 4.98 Å². The van der Waals surface area contributed by atoms with Gasteiger partial charge in [0.2, 0.25) is 0 Å². The molecule has 3 nitrogen and oxygen atoms in total. The quantitative estimate of drug-likeness (QED) is 0.772. The number of nitrogens with two attached hydrogens (primary N) is 1. The molecule has 0 saturated carbocycles. The van der Waals surface area contributed by atoms with Crippen LogP contribution in [0.4, 0.5) is 11.4 Å². The monoisotopic (exact) mass is 295 g/mol. The molecule has 3 heterocycles. The van der Waals surface area contributed by atoms with Gasteiger partial charge in [-0.2, -0.15) is 0 Å². The van der Waals surface area contributed by atoms with Gasteiger partial charge in [0, 0.05) is 19.3 Å². The predicted octanol–water partition coefficient (Wildman–Crippen LogP) is 4.15. The van der Waals surface area contributed by atoms with Gasteiger partial charge in [-0.3, -0.25) is 0 Å². The van der Waals surface area contributed by atoms with E-state index in [9.17, 15) is 0 Å². The summed E-state index contributed by atoms with van der Waals surface area (Å²) in [7, 11) is 0. The Kier molecular flexibility index (Phi) is 3.04. The summed E-state index contributed by atoms with van der Waals surface area (Å²) in [5.41, 5.74) is 9.77. The summed E-state index contributed by atoms with van der Waals surface area (Å²) in [4.78, 5) is 9.13. The minimum absolute atomic E-state index is 0.871. The maximum atomic E-state index is 6.48. The topological polar surface area (TPSA) is 42.1 Å². The summed E-state index contributed by atoms with van der Waals surface area (Å²) in [5, 5.41) is 1.13. The zero-order valence-electron chi connectivity index (χ0n) is 11.7. The highest BCUT2D eigenvalue weighted by Crippen LogP contribution is 2.44. The second-order valence-corrected chi connectivity index (χ2v) is 6.41. The number of aromatic nitrogens is 1. The van der Waals surface area contributed by atoms with E-state index in [0.717, 1.165) is 33.9 Å². The fourth-order valence-corrected chi connectivity index (χ4v) is 4.14. The van der Waals surface area contributed by atoms with Gasteiger partial charge in [0.15, 0.2) is 0 Å². The van der Waals surface area contributed by atoms with Gasteiger partial charge in [-0.25, -0.2) is 4.98 Å². The molecule has 1 fully saturated rings. The van der Waals surface area contributed by atoms with Crippen molar-refractivity contribution in [2.45, 2.75) is 12.8 Å². The fourth-order valence-electron chi connectivity index (χ4n) is 3.05. The molecule has 4 heteroatoms. The van der Waals surface area contributed by atoms with Gasteiger partial charge in [0.05, 0.1) is 21.6 Å². The van der Waals surface area contributed by atoms with Crippen molar-refractivity contribution in [3.05, 3.63) is 42.6 Å². The Labute approximate surface area is 128 Å². The number of anilines is 2. The van der Waals surface area contributed by atoms with E-state index < -0.39 is 0 Å². The number of nitrogens with zero attached hydrogens (tertiary/aromatic N) is 2. The summed E-state index contributed by atoms with van der Waals surface area (Å²) in [6.07, 6.45) is 4.43. The smallest absolute Gasteiger partial charge is 0.128 e. The van der Waals surface area contributed by atoms with Crippen LogP contribution in [0.25, 0.3) is 20.7 Å². The van der Waals surface area contributed by atoms with Crippen LogP contribution in [-0.4, -0.2) is 18.1 Å². The van der Waals surface area contributed by atoms with E-state index in [4.69, 9.17) is 5.73 Å².